The maximum atomic E-state index is 3.55. The molecule has 0 saturated carbocycles. The first-order valence-electron chi connectivity index (χ1n) is 7.90. The van der Waals surface area contributed by atoms with Gasteiger partial charge in [-0.2, -0.15) is 0 Å². The summed E-state index contributed by atoms with van der Waals surface area (Å²) in [5.74, 6) is 1.47. The van der Waals surface area contributed by atoms with E-state index in [4.69, 9.17) is 0 Å². The van der Waals surface area contributed by atoms with Gasteiger partial charge in [-0.3, -0.25) is 0 Å². The summed E-state index contributed by atoms with van der Waals surface area (Å²) >= 11 is 0. The monoisotopic (exact) mass is 259 g/mol. The lowest BCUT2D eigenvalue weighted by Gasteiger charge is -2.22. The van der Waals surface area contributed by atoms with E-state index in [9.17, 15) is 0 Å². The lowest BCUT2D eigenvalue weighted by Crippen LogP contribution is -2.31. The summed E-state index contributed by atoms with van der Waals surface area (Å²) in [4.78, 5) is 0. The molecule has 1 aromatic carbocycles. The zero-order chi connectivity index (χ0) is 13.8. The fraction of sp³-hybridized carbons (Fsp3) is 0.667. The van der Waals surface area contributed by atoms with E-state index in [1.54, 1.807) is 11.1 Å². The van der Waals surface area contributed by atoms with E-state index in [-0.39, 0.29) is 0 Å². The number of nitrogens with one attached hydrogen (secondary N) is 1. The van der Waals surface area contributed by atoms with Crippen molar-refractivity contribution in [3.63, 3.8) is 0 Å². The molecule has 0 heterocycles. The Labute approximate surface area is 118 Å². The Balaban J connectivity index is 1.89. The lowest BCUT2D eigenvalue weighted by atomic mass is 9.88. The minimum absolute atomic E-state index is 0.592. The van der Waals surface area contributed by atoms with Gasteiger partial charge in [0.05, 0.1) is 0 Å². The summed E-state index contributed by atoms with van der Waals surface area (Å²) in [6.45, 7) is 10.3. The zero-order valence-electron chi connectivity index (χ0n) is 13.0. The van der Waals surface area contributed by atoms with Gasteiger partial charge in [0.25, 0.3) is 0 Å². The van der Waals surface area contributed by atoms with Crippen molar-refractivity contribution >= 4 is 0 Å². The first-order chi connectivity index (χ1) is 9.06. The third-order valence-electron chi connectivity index (χ3n) is 4.54. The Morgan fingerprint density at radius 1 is 1.00 bits per heavy atom. The second kappa shape index (κ2) is 6.56. The molecule has 1 heteroatoms. The third-order valence-corrected chi connectivity index (χ3v) is 4.54. The van der Waals surface area contributed by atoms with Gasteiger partial charge in [0, 0.05) is 6.04 Å². The Morgan fingerprint density at radius 3 is 2.47 bits per heavy atom. The first kappa shape index (κ1) is 14.6. The zero-order valence-corrected chi connectivity index (χ0v) is 13.0. The first-order valence-corrected chi connectivity index (χ1v) is 7.90. The molecule has 1 N–H and O–H groups in total. The molecule has 0 bridgehead atoms. The van der Waals surface area contributed by atoms with Crippen LogP contribution in [0, 0.1) is 11.8 Å². The van der Waals surface area contributed by atoms with E-state index in [0.29, 0.717) is 6.04 Å². The van der Waals surface area contributed by atoms with Crippen LogP contribution in [-0.4, -0.2) is 12.6 Å². The maximum Gasteiger partial charge on any atom is 0.00104 e. The second-order valence-electron chi connectivity index (χ2n) is 6.68. The van der Waals surface area contributed by atoms with Crippen LogP contribution in [0.1, 0.15) is 50.8 Å². The molecule has 2 rings (SSSR count). The molecule has 1 aliphatic carbocycles. The van der Waals surface area contributed by atoms with E-state index < -0.39 is 0 Å². The van der Waals surface area contributed by atoms with E-state index in [1.165, 1.54) is 31.2 Å². The molecule has 0 amide bonds. The molecule has 2 atom stereocenters. The van der Waals surface area contributed by atoms with Crippen molar-refractivity contribution in [3.8, 4) is 0 Å². The molecule has 0 saturated heterocycles. The summed E-state index contributed by atoms with van der Waals surface area (Å²) in [6.07, 6.45) is 5.15. The average molecular weight is 259 g/mol. The van der Waals surface area contributed by atoms with Crippen molar-refractivity contribution in [1.29, 1.82) is 0 Å². The molecule has 0 spiro atoms. The van der Waals surface area contributed by atoms with Crippen molar-refractivity contribution in [2.45, 2.75) is 59.4 Å². The van der Waals surface area contributed by atoms with Crippen molar-refractivity contribution in [2.75, 3.05) is 6.54 Å². The summed E-state index contributed by atoms with van der Waals surface area (Å²) in [5.41, 5.74) is 4.73. The summed E-state index contributed by atoms with van der Waals surface area (Å²) in [7, 11) is 0. The van der Waals surface area contributed by atoms with E-state index in [1.807, 2.05) is 0 Å². The van der Waals surface area contributed by atoms with Crippen molar-refractivity contribution in [3.05, 3.63) is 34.9 Å². The van der Waals surface area contributed by atoms with Gasteiger partial charge in [-0.05, 0) is 60.8 Å². The van der Waals surface area contributed by atoms with Crippen molar-refractivity contribution in [2.24, 2.45) is 11.8 Å². The summed E-state index contributed by atoms with van der Waals surface area (Å²) < 4.78 is 0. The average Bonchev–Trinajstić information content (AvgIpc) is 2.83. The molecule has 0 fully saturated rings. The SMILES string of the molecule is CC(C)NCC(C)C(C)Cc1ccc2c(c1)CCC2. The van der Waals surface area contributed by atoms with Crippen molar-refractivity contribution in [1.82, 2.24) is 5.32 Å². The number of aryl methyl sites for hydroxylation is 2. The lowest BCUT2D eigenvalue weighted by molar-refractivity contribution is 0.354. The second-order valence-corrected chi connectivity index (χ2v) is 6.68. The quantitative estimate of drug-likeness (QED) is 0.814. The van der Waals surface area contributed by atoms with Gasteiger partial charge in [-0.15, -0.1) is 0 Å². The molecule has 1 aliphatic rings. The Kier molecular flexibility index (Phi) is 5.04. The number of hydrogen-bond acceptors (Lipinski definition) is 1. The van der Waals surface area contributed by atoms with Crippen LogP contribution in [0.15, 0.2) is 18.2 Å². The number of fused-ring (bicyclic) bond motifs is 1. The topological polar surface area (TPSA) is 12.0 Å². The Hall–Kier alpha value is -0.820. The van der Waals surface area contributed by atoms with Crippen molar-refractivity contribution < 1.29 is 0 Å². The van der Waals surface area contributed by atoms with Gasteiger partial charge in [0.15, 0.2) is 0 Å². The largest absolute Gasteiger partial charge is 0.314 e. The predicted octanol–water partition coefficient (Wildman–Crippen LogP) is 3.99. The predicted molar refractivity (Wildman–Crippen MR) is 83.6 cm³/mol. The molecule has 19 heavy (non-hydrogen) atoms. The molecule has 2 unspecified atom stereocenters. The van der Waals surface area contributed by atoms with Gasteiger partial charge >= 0.3 is 0 Å². The Bertz CT molecular complexity index is 408. The molecular weight excluding hydrogens is 230 g/mol. The molecular formula is C18H29N. The van der Waals surface area contributed by atoms with Gasteiger partial charge in [0.2, 0.25) is 0 Å². The van der Waals surface area contributed by atoms with Crippen LogP contribution in [0.4, 0.5) is 0 Å². The van der Waals surface area contributed by atoms with Gasteiger partial charge in [0.1, 0.15) is 0 Å². The molecule has 0 aliphatic heterocycles. The van der Waals surface area contributed by atoms with E-state index in [2.05, 4.69) is 51.2 Å². The summed E-state index contributed by atoms with van der Waals surface area (Å²) in [5, 5.41) is 3.55. The van der Waals surface area contributed by atoms with E-state index >= 15 is 0 Å². The molecule has 0 aromatic heterocycles. The normalized spacial score (nSPS) is 17.5. The van der Waals surface area contributed by atoms with Gasteiger partial charge < -0.3 is 5.32 Å². The highest BCUT2D eigenvalue weighted by Gasteiger charge is 2.15. The summed E-state index contributed by atoms with van der Waals surface area (Å²) in [6, 6.07) is 7.76. The van der Waals surface area contributed by atoms with Crippen LogP contribution in [0.3, 0.4) is 0 Å². The number of benzene rings is 1. The van der Waals surface area contributed by atoms with Crippen LogP contribution in [0.5, 0.6) is 0 Å². The minimum Gasteiger partial charge on any atom is -0.314 e. The molecule has 1 aromatic rings. The third kappa shape index (κ3) is 4.07. The highest BCUT2D eigenvalue weighted by molar-refractivity contribution is 5.35. The van der Waals surface area contributed by atoms with E-state index in [0.717, 1.165) is 18.4 Å². The number of hydrogen-bond donors (Lipinski definition) is 1. The van der Waals surface area contributed by atoms with Crippen LogP contribution in [-0.2, 0) is 19.3 Å². The number of rotatable bonds is 6. The maximum absolute atomic E-state index is 3.55. The van der Waals surface area contributed by atoms with Crippen LogP contribution in [0.25, 0.3) is 0 Å². The molecule has 1 nitrogen and oxygen atoms in total. The van der Waals surface area contributed by atoms with Gasteiger partial charge in [-0.1, -0.05) is 45.9 Å². The highest BCUT2D eigenvalue weighted by atomic mass is 14.9. The highest BCUT2D eigenvalue weighted by Crippen LogP contribution is 2.25. The minimum atomic E-state index is 0.592. The molecule has 106 valence electrons. The standard InChI is InChI=1S/C18H29N/c1-13(2)19-12-15(4)14(3)10-16-8-9-17-6-5-7-18(17)11-16/h8-9,11,13-15,19H,5-7,10,12H2,1-4H3. The fourth-order valence-corrected chi connectivity index (χ4v) is 2.95. The van der Waals surface area contributed by atoms with Crippen LogP contribution in [0.2, 0.25) is 0 Å². The van der Waals surface area contributed by atoms with Crippen LogP contribution >= 0.6 is 0 Å². The molecule has 0 radical (unpaired) electrons. The van der Waals surface area contributed by atoms with Crippen LogP contribution < -0.4 is 5.32 Å². The smallest absolute Gasteiger partial charge is 0.00104 e. The van der Waals surface area contributed by atoms with Gasteiger partial charge in [-0.25, -0.2) is 0 Å². The fourth-order valence-electron chi connectivity index (χ4n) is 2.95. The Morgan fingerprint density at radius 2 is 1.74 bits per heavy atom.